The number of para-hydroxylation sites is 1. The first kappa shape index (κ1) is 23.5. The van der Waals surface area contributed by atoms with Gasteiger partial charge in [0.1, 0.15) is 33.8 Å². The molecule has 2 aromatic carbocycles. The van der Waals surface area contributed by atoms with Gasteiger partial charge in [-0.1, -0.05) is 36.4 Å². The summed E-state index contributed by atoms with van der Waals surface area (Å²) in [6.07, 6.45) is 5.22. The molecule has 1 aliphatic heterocycles. The minimum absolute atomic E-state index is 0.194. The third kappa shape index (κ3) is 4.65. The molecule has 0 spiro atoms. The van der Waals surface area contributed by atoms with Crippen LogP contribution in [-0.2, 0) is 17.5 Å². The Bertz CT molecular complexity index is 1600. The Kier molecular flexibility index (Phi) is 6.27. The van der Waals surface area contributed by atoms with E-state index in [-0.39, 0.29) is 11.5 Å². The van der Waals surface area contributed by atoms with Gasteiger partial charge in [0.15, 0.2) is 0 Å². The molecule has 1 N–H and O–H groups in total. The second-order valence-electron chi connectivity index (χ2n) is 9.06. The van der Waals surface area contributed by atoms with Crippen molar-refractivity contribution >= 4 is 39.3 Å². The van der Waals surface area contributed by atoms with Crippen LogP contribution in [0.5, 0.6) is 0 Å². The molecule has 0 bridgehead atoms. The lowest BCUT2D eigenvalue weighted by molar-refractivity contribution is 0.249. The van der Waals surface area contributed by atoms with Crippen LogP contribution < -0.4 is 9.62 Å². The summed E-state index contributed by atoms with van der Waals surface area (Å²) < 4.78 is 31.1. The summed E-state index contributed by atoms with van der Waals surface area (Å²) in [5.74, 6) is 0.858. The van der Waals surface area contributed by atoms with E-state index in [1.165, 1.54) is 12.3 Å². The Hall–Kier alpha value is -3.89. The van der Waals surface area contributed by atoms with Gasteiger partial charge in [-0.15, -0.1) is 0 Å². The minimum atomic E-state index is -1.38. The summed E-state index contributed by atoms with van der Waals surface area (Å²) in [6, 6.07) is 19.0. The summed E-state index contributed by atoms with van der Waals surface area (Å²) in [6.45, 7) is 4.48. The molecule has 5 aromatic rings. The highest BCUT2D eigenvalue weighted by molar-refractivity contribution is 7.85. The van der Waals surface area contributed by atoms with Crippen LogP contribution in [0.3, 0.4) is 0 Å². The van der Waals surface area contributed by atoms with Crippen LogP contribution in [-0.4, -0.2) is 60.9 Å². The lowest BCUT2D eigenvalue weighted by Crippen LogP contribution is -2.46. The van der Waals surface area contributed by atoms with E-state index in [0.717, 1.165) is 55.4 Å². The number of hydrogen-bond donors (Lipinski definition) is 1. The van der Waals surface area contributed by atoms with Gasteiger partial charge in [0.05, 0.1) is 5.69 Å². The maximum atomic E-state index is 14.6. The van der Waals surface area contributed by atoms with Gasteiger partial charge in [0.2, 0.25) is 5.95 Å². The van der Waals surface area contributed by atoms with Crippen molar-refractivity contribution in [1.82, 2.24) is 24.3 Å². The third-order valence-electron chi connectivity index (χ3n) is 6.65. The SMILES string of the molecule is CS(=O)Nc1nc2c(F)cccc2c2nc(-c3ccccc3CN3CCN(c4ccccn4)CC3)cn12. The molecule has 6 rings (SSSR count). The highest BCUT2D eigenvalue weighted by Gasteiger charge is 2.21. The molecule has 4 heterocycles. The van der Waals surface area contributed by atoms with E-state index in [4.69, 9.17) is 4.98 Å². The highest BCUT2D eigenvalue weighted by atomic mass is 32.2. The summed E-state index contributed by atoms with van der Waals surface area (Å²) in [5.41, 5.74) is 3.68. The van der Waals surface area contributed by atoms with E-state index in [2.05, 4.69) is 42.7 Å². The van der Waals surface area contributed by atoms with E-state index < -0.39 is 16.8 Å². The van der Waals surface area contributed by atoms with Crippen LogP contribution in [0, 0.1) is 5.82 Å². The molecular weight excluding hydrogens is 489 g/mol. The zero-order valence-corrected chi connectivity index (χ0v) is 21.2. The number of nitrogens with one attached hydrogen (secondary N) is 1. The fraction of sp³-hybridized carbons (Fsp3) is 0.222. The van der Waals surface area contributed by atoms with Crippen molar-refractivity contribution in [3.8, 4) is 11.3 Å². The molecule has 1 aliphatic rings. The number of anilines is 2. The number of piperazine rings is 1. The molecule has 3 aromatic heterocycles. The molecule has 37 heavy (non-hydrogen) atoms. The first-order valence-electron chi connectivity index (χ1n) is 12.1. The quantitative estimate of drug-likeness (QED) is 0.367. The molecular formula is C27H26FN7OS. The Morgan fingerprint density at radius 3 is 2.57 bits per heavy atom. The van der Waals surface area contributed by atoms with Crippen LogP contribution in [0.1, 0.15) is 5.56 Å². The standard InChI is InChI=1S/C27H26FN7OS/c1-37(36)32-27-31-25-21(9-6-10-22(25)28)26-30-23(18-35(26)27)20-8-3-2-7-19(20)17-33-13-15-34(16-14-33)24-11-4-5-12-29-24/h2-12,18H,13-17H2,1H3,(H,31,32). The van der Waals surface area contributed by atoms with Crippen LogP contribution >= 0.6 is 0 Å². The molecule has 1 saturated heterocycles. The number of hydrogen-bond acceptors (Lipinski definition) is 6. The predicted octanol–water partition coefficient (Wildman–Crippen LogP) is 4.11. The van der Waals surface area contributed by atoms with E-state index in [1.54, 1.807) is 16.5 Å². The largest absolute Gasteiger partial charge is 0.354 e. The molecule has 0 aliphatic carbocycles. The number of pyridine rings is 1. The van der Waals surface area contributed by atoms with Gasteiger partial charge < -0.3 is 4.90 Å². The topological polar surface area (TPSA) is 78.7 Å². The molecule has 0 saturated carbocycles. The number of nitrogens with zero attached hydrogens (tertiary/aromatic N) is 6. The third-order valence-corrected chi connectivity index (χ3v) is 7.12. The van der Waals surface area contributed by atoms with Crippen LogP contribution in [0.15, 0.2) is 73.1 Å². The maximum Gasteiger partial charge on any atom is 0.221 e. The van der Waals surface area contributed by atoms with Crippen LogP contribution in [0.4, 0.5) is 16.2 Å². The number of rotatable bonds is 6. The van der Waals surface area contributed by atoms with Gasteiger partial charge >= 0.3 is 0 Å². The van der Waals surface area contributed by atoms with Crippen LogP contribution in [0.25, 0.3) is 27.8 Å². The fourth-order valence-corrected chi connectivity index (χ4v) is 5.26. The Balaban J connectivity index is 1.33. The smallest absolute Gasteiger partial charge is 0.221 e. The molecule has 1 atom stereocenters. The van der Waals surface area contributed by atoms with E-state index in [0.29, 0.717) is 11.0 Å². The number of imidazole rings is 1. The molecule has 0 amide bonds. The van der Waals surface area contributed by atoms with E-state index in [9.17, 15) is 8.60 Å². The fourth-order valence-electron chi connectivity index (χ4n) is 4.86. The Morgan fingerprint density at radius 1 is 0.973 bits per heavy atom. The number of fused-ring (bicyclic) bond motifs is 3. The normalized spacial score (nSPS) is 15.4. The molecule has 1 fully saturated rings. The Morgan fingerprint density at radius 2 is 1.78 bits per heavy atom. The van der Waals surface area contributed by atoms with Crippen molar-refractivity contribution in [2.45, 2.75) is 6.54 Å². The second kappa shape index (κ2) is 9.87. The van der Waals surface area contributed by atoms with Gasteiger partial charge in [-0.05, 0) is 29.8 Å². The van der Waals surface area contributed by atoms with Crippen molar-refractivity contribution in [3.05, 3.63) is 84.4 Å². The number of halogens is 1. The predicted molar refractivity (Wildman–Crippen MR) is 145 cm³/mol. The average Bonchev–Trinajstić information content (AvgIpc) is 3.36. The number of benzene rings is 2. The lowest BCUT2D eigenvalue weighted by atomic mass is 10.0. The van der Waals surface area contributed by atoms with Crippen LogP contribution in [0.2, 0.25) is 0 Å². The zero-order valence-electron chi connectivity index (χ0n) is 20.3. The lowest BCUT2D eigenvalue weighted by Gasteiger charge is -2.35. The minimum Gasteiger partial charge on any atom is -0.354 e. The summed E-state index contributed by atoms with van der Waals surface area (Å²) in [4.78, 5) is 18.6. The second-order valence-corrected chi connectivity index (χ2v) is 10.2. The zero-order chi connectivity index (χ0) is 25.4. The van der Waals surface area contributed by atoms with Gasteiger partial charge in [0.25, 0.3) is 0 Å². The van der Waals surface area contributed by atoms with Gasteiger partial charge in [-0.25, -0.2) is 23.6 Å². The summed E-state index contributed by atoms with van der Waals surface area (Å²) in [7, 11) is -1.38. The molecule has 188 valence electrons. The highest BCUT2D eigenvalue weighted by Crippen LogP contribution is 2.30. The van der Waals surface area contributed by atoms with Crippen molar-refractivity contribution in [3.63, 3.8) is 0 Å². The van der Waals surface area contributed by atoms with Crippen molar-refractivity contribution in [2.75, 3.05) is 42.1 Å². The first-order valence-corrected chi connectivity index (χ1v) is 13.7. The van der Waals surface area contributed by atoms with Gasteiger partial charge in [-0.2, -0.15) is 0 Å². The molecule has 8 nitrogen and oxygen atoms in total. The van der Waals surface area contributed by atoms with Crippen molar-refractivity contribution in [2.24, 2.45) is 0 Å². The number of aromatic nitrogens is 4. The van der Waals surface area contributed by atoms with Crippen molar-refractivity contribution < 1.29 is 8.60 Å². The Labute approximate surface area is 216 Å². The summed E-state index contributed by atoms with van der Waals surface area (Å²) in [5, 5.41) is 0.599. The van der Waals surface area contributed by atoms with Gasteiger partial charge in [-0.3, -0.25) is 14.0 Å². The van der Waals surface area contributed by atoms with E-state index >= 15 is 0 Å². The first-order chi connectivity index (χ1) is 18.1. The van der Waals surface area contributed by atoms with E-state index in [1.807, 2.05) is 36.7 Å². The average molecular weight is 516 g/mol. The molecule has 1 unspecified atom stereocenters. The van der Waals surface area contributed by atoms with Gasteiger partial charge in [0, 0.05) is 62.3 Å². The molecule has 10 heteroatoms. The maximum absolute atomic E-state index is 14.6. The monoisotopic (exact) mass is 515 g/mol. The molecule has 0 radical (unpaired) electrons. The summed E-state index contributed by atoms with van der Waals surface area (Å²) >= 11 is 0. The van der Waals surface area contributed by atoms with Crippen molar-refractivity contribution in [1.29, 1.82) is 0 Å².